The summed E-state index contributed by atoms with van der Waals surface area (Å²) >= 11 is 0. The molecule has 0 bridgehead atoms. The zero-order chi connectivity index (χ0) is 16.2. The number of aromatic nitrogens is 1. The van der Waals surface area contributed by atoms with Crippen molar-refractivity contribution in [1.82, 2.24) is 10.5 Å². The number of hydrogen-bond donors (Lipinski definition) is 1. The number of amides is 1. The molecular weight excluding hydrogens is 284 g/mol. The van der Waals surface area contributed by atoms with Crippen molar-refractivity contribution in [3.63, 3.8) is 0 Å². The molecule has 0 aliphatic heterocycles. The van der Waals surface area contributed by atoms with Crippen LogP contribution in [0.1, 0.15) is 32.9 Å². The molecule has 0 spiro atoms. The Morgan fingerprint density at radius 1 is 1.32 bits per heavy atom. The highest BCUT2D eigenvalue weighted by Crippen LogP contribution is 2.18. The van der Waals surface area contributed by atoms with Gasteiger partial charge in [-0.3, -0.25) is 9.59 Å². The normalized spacial score (nSPS) is 11.4. The summed E-state index contributed by atoms with van der Waals surface area (Å²) in [4.78, 5) is 23.5. The van der Waals surface area contributed by atoms with Crippen molar-refractivity contribution in [3.8, 4) is 0 Å². The smallest absolute Gasteiger partial charge is 0.312 e. The summed E-state index contributed by atoms with van der Waals surface area (Å²) in [6.07, 6.45) is 0.763. The number of fused-ring (bicyclic) bond motifs is 1. The summed E-state index contributed by atoms with van der Waals surface area (Å²) in [6, 6.07) is 7.27. The Hall–Kier alpha value is -2.37. The lowest BCUT2D eigenvalue weighted by Gasteiger charge is -2.24. The van der Waals surface area contributed by atoms with E-state index in [1.807, 2.05) is 39.0 Å². The first-order valence-corrected chi connectivity index (χ1v) is 7.21. The molecule has 2 aromatic rings. The minimum Gasteiger partial charge on any atom is -0.455 e. The van der Waals surface area contributed by atoms with E-state index in [2.05, 4.69) is 10.5 Å². The van der Waals surface area contributed by atoms with E-state index >= 15 is 0 Å². The molecule has 0 unspecified atom stereocenters. The Kier molecular flexibility index (Phi) is 4.80. The molecule has 22 heavy (non-hydrogen) atoms. The van der Waals surface area contributed by atoms with Crippen LogP contribution >= 0.6 is 0 Å². The molecule has 0 radical (unpaired) electrons. The fourth-order valence-corrected chi connectivity index (χ4v) is 1.90. The third-order valence-electron chi connectivity index (χ3n) is 3.49. The summed E-state index contributed by atoms with van der Waals surface area (Å²) < 4.78 is 10.1. The Bertz CT molecular complexity index is 676. The van der Waals surface area contributed by atoms with Gasteiger partial charge in [-0.2, -0.15) is 0 Å². The summed E-state index contributed by atoms with van der Waals surface area (Å²) in [7, 11) is 0. The second-order valence-corrected chi connectivity index (χ2v) is 5.75. The number of nitrogens with zero attached hydrogens (tertiary/aromatic N) is 1. The molecule has 0 saturated heterocycles. The topological polar surface area (TPSA) is 81.4 Å². The summed E-state index contributed by atoms with van der Waals surface area (Å²) in [6.45, 7) is 5.50. The average Bonchev–Trinajstić information content (AvgIpc) is 2.88. The Labute approximate surface area is 128 Å². The van der Waals surface area contributed by atoms with Gasteiger partial charge < -0.3 is 14.6 Å². The van der Waals surface area contributed by atoms with Gasteiger partial charge in [0.05, 0.1) is 6.42 Å². The van der Waals surface area contributed by atoms with Crippen LogP contribution in [0.25, 0.3) is 11.0 Å². The number of nitrogens with one attached hydrogen (secondary N) is 1. The van der Waals surface area contributed by atoms with Crippen LogP contribution in [-0.2, 0) is 20.7 Å². The number of hydrogen-bond acceptors (Lipinski definition) is 5. The van der Waals surface area contributed by atoms with Crippen molar-refractivity contribution in [2.45, 2.75) is 39.2 Å². The quantitative estimate of drug-likeness (QED) is 0.828. The van der Waals surface area contributed by atoms with Crippen molar-refractivity contribution in [1.29, 1.82) is 0 Å². The second-order valence-electron chi connectivity index (χ2n) is 5.75. The highest BCUT2D eigenvalue weighted by molar-refractivity contribution is 5.85. The maximum absolute atomic E-state index is 11.8. The summed E-state index contributed by atoms with van der Waals surface area (Å²) in [5, 5.41) is 7.43. The fourth-order valence-electron chi connectivity index (χ4n) is 1.90. The predicted octanol–water partition coefficient (Wildman–Crippen LogP) is 2.22. The molecule has 0 aliphatic carbocycles. The molecule has 1 aromatic heterocycles. The number of carbonyl (C=O) groups is 2. The SMILES string of the molecule is CCC(C)(C)NC(=O)COC(=O)Cc1noc2ccccc12. The lowest BCUT2D eigenvalue weighted by molar-refractivity contribution is -0.148. The summed E-state index contributed by atoms with van der Waals surface area (Å²) in [5.41, 5.74) is 0.814. The first kappa shape index (κ1) is 16.0. The average molecular weight is 304 g/mol. The molecule has 2 rings (SSSR count). The molecular formula is C16H20N2O4. The van der Waals surface area contributed by atoms with Gasteiger partial charge >= 0.3 is 5.97 Å². The van der Waals surface area contributed by atoms with E-state index in [9.17, 15) is 9.59 Å². The number of para-hydroxylation sites is 1. The Morgan fingerprint density at radius 2 is 2.05 bits per heavy atom. The molecule has 1 heterocycles. The molecule has 0 saturated carbocycles. The highest BCUT2D eigenvalue weighted by atomic mass is 16.5. The molecule has 1 aromatic carbocycles. The van der Waals surface area contributed by atoms with E-state index in [1.165, 1.54) is 0 Å². The van der Waals surface area contributed by atoms with E-state index < -0.39 is 5.97 Å². The van der Waals surface area contributed by atoms with E-state index in [-0.39, 0.29) is 24.5 Å². The minimum absolute atomic E-state index is 0.0263. The van der Waals surface area contributed by atoms with Gasteiger partial charge in [-0.05, 0) is 32.4 Å². The second kappa shape index (κ2) is 6.60. The molecule has 0 atom stereocenters. The number of esters is 1. The monoisotopic (exact) mass is 304 g/mol. The van der Waals surface area contributed by atoms with Gasteiger partial charge in [0.2, 0.25) is 0 Å². The number of ether oxygens (including phenoxy) is 1. The molecule has 1 amide bonds. The van der Waals surface area contributed by atoms with Gasteiger partial charge in [0.15, 0.2) is 12.2 Å². The predicted molar refractivity (Wildman–Crippen MR) is 81.2 cm³/mol. The zero-order valence-corrected chi connectivity index (χ0v) is 13.0. The van der Waals surface area contributed by atoms with Crippen molar-refractivity contribution < 1.29 is 18.8 Å². The van der Waals surface area contributed by atoms with Crippen LogP contribution in [0.4, 0.5) is 0 Å². The van der Waals surface area contributed by atoms with E-state index in [0.717, 1.165) is 11.8 Å². The largest absolute Gasteiger partial charge is 0.455 e. The number of carbonyl (C=O) groups excluding carboxylic acids is 2. The van der Waals surface area contributed by atoms with Crippen molar-refractivity contribution in [2.75, 3.05) is 6.61 Å². The molecule has 6 heteroatoms. The van der Waals surface area contributed by atoms with Crippen LogP contribution in [0.3, 0.4) is 0 Å². The van der Waals surface area contributed by atoms with Crippen molar-refractivity contribution in [2.24, 2.45) is 0 Å². The van der Waals surface area contributed by atoms with E-state index in [0.29, 0.717) is 11.3 Å². The molecule has 1 N–H and O–H groups in total. The van der Waals surface area contributed by atoms with Gasteiger partial charge in [0.25, 0.3) is 5.91 Å². The molecule has 0 aliphatic rings. The fraction of sp³-hybridized carbons (Fsp3) is 0.438. The van der Waals surface area contributed by atoms with E-state index in [4.69, 9.17) is 9.26 Å². The standard InChI is InChI=1S/C16H20N2O4/c1-4-16(2,3)17-14(19)10-21-15(20)9-12-11-7-5-6-8-13(11)22-18-12/h5-8H,4,9-10H2,1-3H3,(H,17,19). The van der Waals surface area contributed by atoms with Crippen LogP contribution in [0.5, 0.6) is 0 Å². The minimum atomic E-state index is -0.511. The third-order valence-corrected chi connectivity index (χ3v) is 3.49. The lowest BCUT2D eigenvalue weighted by atomic mass is 10.0. The van der Waals surface area contributed by atoms with Gasteiger partial charge in [0.1, 0.15) is 5.69 Å². The van der Waals surface area contributed by atoms with Crippen LogP contribution < -0.4 is 5.32 Å². The van der Waals surface area contributed by atoms with Gasteiger partial charge in [-0.1, -0.05) is 24.2 Å². The van der Waals surface area contributed by atoms with Crippen LogP contribution in [0, 0.1) is 0 Å². The van der Waals surface area contributed by atoms with Gasteiger partial charge in [0, 0.05) is 10.9 Å². The van der Waals surface area contributed by atoms with Crippen molar-refractivity contribution >= 4 is 22.8 Å². The van der Waals surface area contributed by atoms with Crippen LogP contribution in [0.2, 0.25) is 0 Å². The van der Waals surface area contributed by atoms with Gasteiger partial charge in [-0.15, -0.1) is 0 Å². The summed E-state index contributed by atoms with van der Waals surface area (Å²) in [5.74, 6) is -0.825. The molecule has 0 fully saturated rings. The Morgan fingerprint density at radius 3 is 2.77 bits per heavy atom. The van der Waals surface area contributed by atoms with Crippen LogP contribution in [0.15, 0.2) is 28.8 Å². The maximum Gasteiger partial charge on any atom is 0.312 e. The molecule has 6 nitrogen and oxygen atoms in total. The van der Waals surface area contributed by atoms with E-state index in [1.54, 1.807) is 6.07 Å². The molecule has 118 valence electrons. The zero-order valence-electron chi connectivity index (χ0n) is 13.0. The first-order valence-electron chi connectivity index (χ1n) is 7.21. The number of rotatable bonds is 6. The third kappa shape index (κ3) is 4.07. The Balaban J connectivity index is 1.87. The van der Waals surface area contributed by atoms with Crippen molar-refractivity contribution in [3.05, 3.63) is 30.0 Å². The van der Waals surface area contributed by atoms with Gasteiger partial charge in [-0.25, -0.2) is 0 Å². The number of benzene rings is 1. The maximum atomic E-state index is 11.8. The highest BCUT2D eigenvalue weighted by Gasteiger charge is 2.19. The first-order chi connectivity index (χ1) is 10.4. The lowest BCUT2D eigenvalue weighted by Crippen LogP contribution is -2.44. The van der Waals surface area contributed by atoms with Crippen LogP contribution in [-0.4, -0.2) is 29.2 Å².